The predicted octanol–water partition coefficient (Wildman–Crippen LogP) is 4.10. The Morgan fingerprint density at radius 1 is 0.788 bits per heavy atom. The van der Waals surface area contributed by atoms with E-state index in [1.165, 1.54) is 14.2 Å². The third kappa shape index (κ3) is 4.09. The molecule has 7 nitrogen and oxygen atoms in total. The third-order valence-electron chi connectivity index (χ3n) is 6.04. The second-order valence-electron chi connectivity index (χ2n) is 7.97. The van der Waals surface area contributed by atoms with Crippen LogP contribution < -0.4 is 5.32 Å². The van der Waals surface area contributed by atoms with E-state index < -0.39 is 17.9 Å². The SMILES string of the molecule is COC(=O)C1=C(C)NC(C)=C(C(=O)OC)C1c1ccc(C(c2ccc[nH]2)c2ccc[nH]2)cc1. The van der Waals surface area contributed by atoms with Gasteiger partial charge in [-0.1, -0.05) is 24.3 Å². The number of methoxy groups -OCH3 is 2. The number of esters is 2. The van der Waals surface area contributed by atoms with E-state index in [1.807, 2.05) is 48.8 Å². The quantitative estimate of drug-likeness (QED) is 0.497. The average Bonchev–Trinajstić information content (AvgIpc) is 3.54. The van der Waals surface area contributed by atoms with Crippen molar-refractivity contribution in [3.63, 3.8) is 0 Å². The Hall–Kier alpha value is -4.00. The van der Waals surface area contributed by atoms with Gasteiger partial charge in [0.15, 0.2) is 0 Å². The van der Waals surface area contributed by atoms with Crippen LogP contribution in [0.25, 0.3) is 0 Å². The van der Waals surface area contributed by atoms with Crippen LogP contribution in [-0.2, 0) is 19.1 Å². The molecule has 7 heteroatoms. The van der Waals surface area contributed by atoms with E-state index in [-0.39, 0.29) is 5.92 Å². The molecule has 1 aliphatic heterocycles. The summed E-state index contributed by atoms with van der Waals surface area (Å²) in [6.07, 6.45) is 3.81. The van der Waals surface area contributed by atoms with Crippen LogP contribution in [0.2, 0.25) is 0 Å². The van der Waals surface area contributed by atoms with E-state index in [0.29, 0.717) is 22.5 Å². The van der Waals surface area contributed by atoms with Crippen molar-refractivity contribution in [2.45, 2.75) is 25.7 Å². The zero-order valence-electron chi connectivity index (χ0n) is 19.1. The number of carbonyl (C=O) groups excluding carboxylic acids is 2. The van der Waals surface area contributed by atoms with Gasteiger partial charge in [0.25, 0.3) is 0 Å². The molecule has 0 saturated carbocycles. The summed E-state index contributed by atoms with van der Waals surface area (Å²) < 4.78 is 10.1. The minimum absolute atomic E-state index is 0.00761. The highest BCUT2D eigenvalue weighted by molar-refractivity contribution is 5.99. The fourth-order valence-corrected chi connectivity index (χ4v) is 4.54. The zero-order chi connectivity index (χ0) is 23.5. The summed E-state index contributed by atoms with van der Waals surface area (Å²) in [7, 11) is 2.67. The van der Waals surface area contributed by atoms with Crippen LogP contribution in [0.1, 0.15) is 48.2 Å². The molecule has 0 amide bonds. The second kappa shape index (κ2) is 9.24. The summed E-state index contributed by atoms with van der Waals surface area (Å²) >= 11 is 0. The van der Waals surface area contributed by atoms with Crippen molar-refractivity contribution in [2.24, 2.45) is 0 Å². The van der Waals surface area contributed by atoms with Crippen molar-refractivity contribution >= 4 is 11.9 Å². The maximum Gasteiger partial charge on any atom is 0.336 e. The van der Waals surface area contributed by atoms with E-state index in [4.69, 9.17) is 9.47 Å². The minimum atomic E-state index is -0.602. The third-order valence-corrected chi connectivity index (χ3v) is 6.04. The number of aromatic amines is 2. The van der Waals surface area contributed by atoms with Crippen LogP contribution in [0, 0.1) is 0 Å². The van der Waals surface area contributed by atoms with E-state index >= 15 is 0 Å². The average molecular weight is 446 g/mol. The number of aromatic nitrogens is 2. The lowest BCUT2D eigenvalue weighted by atomic mass is 9.79. The highest BCUT2D eigenvalue weighted by atomic mass is 16.5. The molecule has 0 aliphatic carbocycles. The Morgan fingerprint density at radius 3 is 1.67 bits per heavy atom. The lowest BCUT2D eigenvalue weighted by molar-refractivity contribution is -0.137. The lowest BCUT2D eigenvalue weighted by Crippen LogP contribution is -2.32. The number of benzene rings is 1. The first-order valence-electron chi connectivity index (χ1n) is 10.7. The molecule has 1 aromatic carbocycles. The Labute approximate surface area is 192 Å². The molecule has 3 aromatic rings. The number of carbonyl (C=O) groups is 2. The van der Waals surface area contributed by atoms with Crippen molar-refractivity contribution in [2.75, 3.05) is 14.2 Å². The summed E-state index contributed by atoms with van der Waals surface area (Å²) in [6.45, 7) is 3.61. The van der Waals surface area contributed by atoms with Crippen LogP contribution in [-0.4, -0.2) is 36.1 Å². The van der Waals surface area contributed by atoms with Gasteiger partial charge in [0, 0.05) is 35.2 Å². The molecule has 33 heavy (non-hydrogen) atoms. The summed E-state index contributed by atoms with van der Waals surface area (Å²) in [5.74, 6) is -1.58. The molecule has 0 unspecified atom stereocenters. The van der Waals surface area contributed by atoms with Crippen LogP contribution in [0.15, 0.2) is 83.5 Å². The summed E-state index contributed by atoms with van der Waals surface area (Å²) in [6, 6.07) is 16.0. The van der Waals surface area contributed by atoms with E-state index in [0.717, 1.165) is 22.5 Å². The van der Waals surface area contributed by atoms with Crippen molar-refractivity contribution in [1.82, 2.24) is 15.3 Å². The lowest BCUT2D eigenvalue weighted by Gasteiger charge is -2.30. The molecule has 4 rings (SSSR count). The number of nitrogens with one attached hydrogen (secondary N) is 3. The largest absolute Gasteiger partial charge is 0.466 e. The van der Waals surface area contributed by atoms with Gasteiger partial charge in [-0.2, -0.15) is 0 Å². The van der Waals surface area contributed by atoms with E-state index in [9.17, 15) is 9.59 Å². The van der Waals surface area contributed by atoms with Crippen LogP contribution in [0.5, 0.6) is 0 Å². The molecular weight excluding hydrogens is 418 g/mol. The van der Waals surface area contributed by atoms with Gasteiger partial charge in [-0.3, -0.25) is 0 Å². The fourth-order valence-electron chi connectivity index (χ4n) is 4.54. The smallest absolute Gasteiger partial charge is 0.336 e. The molecule has 0 bridgehead atoms. The summed E-state index contributed by atoms with van der Waals surface area (Å²) in [5.41, 5.74) is 6.07. The summed E-state index contributed by atoms with van der Waals surface area (Å²) in [5, 5.41) is 3.13. The predicted molar refractivity (Wildman–Crippen MR) is 124 cm³/mol. The van der Waals surface area contributed by atoms with Gasteiger partial charge in [-0.05, 0) is 49.2 Å². The normalized spacial score (nSPS) is 14.5. The molecular formula is C26H27N3O4. The van der Waals surface area contributed by atoms with Crippen LogP contribution in [0.4, 0.5) is 0 Å². The molecule has 3 N–H and O–H groups in total. The van der Waals surface area contributed by atoms with E-state index in [1.54, 1.807) is 13.8 Å². The number of allylic oxidation sites excluding steroid dienone is 2. The van der Waals surface area contributed by atoms with Crippen LogP contribution >= 0.6 is 0 Å². The molecule has 0 spiro atoms. The van der Waals surface area contributed by atoms with Gasteiger partial charge in [-0.15, -0.1) is 0 Å². The van der Waals surface area contributed by atoms with Gasteiger partial charge < -0.3 is 24.8 Å². The van der Waals surface area contributed by atoms with Crippen molar-refractivity contribution in [1.29, 1.82) is 0 Å². The van der Waals surface area contributed by atoms with Crippen molar-refractivity contribution < 1.29 is 19.1 Å². The zero-order valence-corrected chi connectivity index (χ0v) is 19.1. The number of rotatable bonds is 6. The molecule has 3 heterocycles. The summed E-state index contributed by atoms with van der Waals surface area (Å²) in [4.78, 5) is 32.0. The Balaban J connectivity index is 1.80. The maximum absolute atomic E-state index is 12.7. The van der Waals surface area contributed by atoms with Crippen molar-refractivity contribution in [3.05, 3.63) is 106 Å². The Morgan fingerprint density at radius 2 is 1.27 bits per heavy atom. The van der Waals surface area contributed by atoms with Gasteiger partial charge in [-0.25, -0.2) is 9.59 Å². The monoisotopic (exact) mass is 445 g/mol. The standard InChI is InChI=1S/C26H27N3O4/c1-15-21(25(30)32-3)24(22(16(2)29-15)26(31)33-4)18-11-9-17(10-12-18)23(19-7-5-13-27-19)20-8-6-14-28-20/h5-14,23-24,27-29H,1-4H3. The number of hydrogen-bond donors (Lipinski definition) is 3. The van der Waals surface area contributed by atoms with Gasteiger partial charge in [0.2, 0.25) is 0 Å². The van der Waals surface area contributed by atoms with Gasteiger partial charge >= 0.3 is 11.9 Å². The maximum atomic E-state index is 12.7. The molecule has 0 radical (unpaired) electrons. The van der Waals surface area contributed by atoms with Gasteiger partial charge in [0.1, 0.15) is 0 Å². The number of dihydropyridines is 1. The first kappa shape index (κ1) is 22.2. The first-order chi connectivity index (χ1) is 16.0. The molecule has 0 saturated heterocycles. The molecule has 1 aliphatic rings. The molecule has 0 fully saturated rings. The Kier molecular flexibility index (Phi) is 6.22. The first-order valence-corrected chi connectivity index (χ1v) is 10.7. The highest BCUT2D eigenvalue weighted by Gasteiger charge is 2.37. The molecule has 0 atom stereocenters. The van der Waals surface area contributed by atoms with Gasteiger partial charge in [0.05, 0.1) is 37.2 Å². The fraction of sp³-hybridized carbons (Fsp3) is 0.231. The van der Waals surface area contributed by atoms with E-state index in [2.05, 4.69) is 27.4 Å². The number of H-pyrrole nitrogens is 2. The highest BCUT2D eigenvalue weighted by Crippen LogP contribution is 2.40. The molecule has 170 valence electrons. The van der Waals surface area contributed by atoms with Crippen molar-refractivity contribution in [3.8, 4) is 0 Å². The number of ether oxygens (including phenoxy) is 2. The second-order valence-corrected chi connectivity index (χ2v) is 7.97. The van der Waals surface area contributed by atoms with Crippen LogP contribution in [0.3, 0.4) is 0 Å². The number of hydrogen-bond acceptors (Lipinski definition) is 5. The topological polar surface area (TPSA) is 96.2 Å². The molecule has 2 aromatic heterocycles. The minimum Gasteiger partial charge on any atom is -0.466 e. The Bertz CT molecular complexity index is 1130.